The lowest BCUT2D eigenvalue weighted by molar-refractivity contribution is 0.0383. The predicted molar refractivity (Wildman–Crippen MR) is 107 cm³/mol. The summed E-state index contributed by atoms with van der Waals surface area (Å²) in [6, 6.07) is 9.56. The first-order chi connectivity index (χ1) is 13.7. The number of ether oxygens (including phenoxy) is 2. The summed E-state index contributed by atoms with van der Waals surface area (Å²) in [4.78, 5) is 23.1. The highest BCUT2D eigenvalue weighted by Crippen LogP contribution is 2.11. The molecular weight excluding hydrogens is 358 g/mol. The number of carbonyl (C=O) groups excluding carboxylic acids is 1. The Morgan fingerprint density at radius 3 is 2.71 bits per heavy atom. The minimum Gasteiger partial charge on any atom is -0.497 e. The molecule has 1 saturated heterocycles. The molecule has 3 rings (SSSR count). The van der Waals surface area contributed by atoms with Crippen molar-refractivity contribution >= 4 is 11.9 Å². The Bertz CT molecular complexity index is 748. The van der Waals surface area contributed by atoms with Crippen molar-refractivity contribution < 1.29 is 14.3 Å². The average Bonchev–Trinajstić information content (AvgIpc) is 2.75. The first-order valence-electron chi connectivity index (χ1n) is 9.53. The highest BCUT2D eigenvalue weighted by Gasteiger charge is 2.12. The Hall–Kier alpha value is -2.71. The van der Waals surface area contributed by atoms with Crippen LogP contribution in [0.25, 0.3) is 0 Å². The summed E-state index contributed by atoms with van der Waals surface area (Å²) >= 11 is 0. The Kier molecular flexibility index (Phi) is 7.57. The molecule has 1 fully saturated rings. The van der Waals surface area contributed by atoms with Crippen molar-refractivity contribution in [3.8, 4) is 5.75 Å². The SMILES string of the molecule is COc1ccc(CCNc2nccc(C(=O)NCCN3CCOCC3)n2)cc1. The van der Waals surface area contributed by atoms with Gasteiger partial charge in [-0.15, -0.1) is 0 Å². The van der Waals surface area contributed by atoms with E-state index < -0.39 is 0 Å². The summed E-state index contributed by atoms with van der Waals surface area (Å²) in [7, 11) is 1.65. The quantitative estimate of drug-likeness (QED) is 0.671. The topological polar surface area (TPSA) is 88.6 Å². The van der Waals surface area contributed by atoms with Crippen molar-refractivity contribution in [1.29, 1.82) is 0 Å². The Labute approximate surface area is 165 Å². The van der Waals surface area contributed by atoms with E-state index in [1.165, 1.54) is 5.56 Å². The van der Waals surface area contributed by atoms with Gasteiger partial charge in [-0.3, -0.25) is 9.69 Å². The molecule has 1 aromatic heterocycles. The van der Waals surface area contributed by atoms with Gasteiger partial charge in [0, 0.05) is 38.9 Å². The molecule has 2 aromatic rings. The lowest BCUT2D eigenvalue weighted by atomic mass is 10.1. The highest BCUT2D eigenvalue weighted by molar-refractivity contribution is 5.92. The largest absolute Gasteiger partial charge is 0.497 e. The smallest absolute Gasteiger partial charge is 0.270 e. The van der Waals surface area contributed by atoms with Crippen LogP contribution >= 0.6 is 0 Å². The average molecular weight is 385 g/mol. The Balaban J connectivity index is 1.42. The summed E-state index contributed by atoms with van der Waals surface area (Å²) in [5.74, 6) is 1.11. The van der Waals surface area contributed by atoms with E-state index in [0.717, 1.165) is 45.0 Å². The lowest BCUT2D eigenvalue weighted by Crippen LogP contribution is -2.41. The molecule has 0 aliphatic carbocycles. The minimum absolute atomic E-state index is 0.186. The maximum Gasteiger partial charge on any atom is 0.270 e. The molecule has 2 heterocycles. The van der Waals surface area contributed by atoms with Crippen molar-refractivity contribution in [3.05, 3.63) is 47.8 Å². The van der Waals surface area contributed by atoms with Crippen LogP contribution in [-0.4, -0.2) is 73.8 Å². The fourth-order valence-electron chi connectivity index (χ4n) is 2.92. The van der Waals surface area contributed by atoms with E-state index in [9.17, 15) is 4.79 Å². The van der Waals surface area contributed by atoms with Gasteiger partial charge in [-0.05, 0) is 30.2 Å². The number of benzene rings is 1. The molecular formula is C20H27N5O3. The normalized spacial score (nSPS) is 14.5. The van der Waals surface area contributed by atoms with E-state index >= 15 is 0 Å². The monoisotopic (exact) mass is 385 g/mol. The van der Waals surface area contributed by atoms with Crippen LogP contribution < -0.4 is 15.4 Å². The fraction of sp³-hybridized carbons (Fsp3) is 0.450. The zero-order valence-electron chi connectivity index (χ0n) is 16.2. The van der Waals surface area contributed by atoms with Crippen molar-refractivity contribution in [1.82, 2.24) is 20.2 Å². The van der Waals surface area contributed by atoms with Gasteiger partial charge in [0.25, 0.3) is 5.91 Å². The van der Waals surface area contributed by atoms with E-state index in [0.29, 0.717) is 24.7 Å². The number of morpholine rings is 1. The third-order valence-electron chi connectivity index (χ3n) is 4.56. The number of nitrogens with one attached hydrogen (secondary N) is 2. The van der Waals surface area contributed by atoms with Gasteiger partial charge < -0.3 is 20.1 Å². The van der Waals surface area contributed by atoms with Crippen molar-refractivity contribution in [2.24, 2.45) is 0 Å². The molecule has 8 heteroatoms. The van der Waals surface area contributed by atoms with Crippen LogP contribution in [0.3, 0.4) is 0 Å². The van der Waals surface area contributed by atoms with E-state index in [1.807, 2.05) is 24.3 Å². The van der Waals surface area contributed by atoms with Crippen LogP contribution in [0.1, 0.15) is 16.1 Å². The fourth-order valence-corrected chi connectivity index (χ4v) is 2.92. The van der Waals surface area contributed by atoms with Gasteiger partial charge in [-0.1, -0.05) is 12.1 Å². The van der Waals surface area contributed by atoms with E-state index in [2.05, 4.69) is 25.5 Å². The summed E-state index contributed by atoms with van der Waals surface area (Å²) < 4.78 is 10.5. The molecule has 28 heavy (non-hydrogen) atoms. The molecule has 0 spiro atoms. The molecule has 0 unspecified atom stereocenters. The minimum atomic E-state index is -0.186. The van der Waals surface area contributed by atoms with Crippen LogP contribution in [0.5, 0.6) is 5.75 Å². The van der Waals surface area contributed by atoms with Gasteiger partial charge in [0.15, 0.2) is 0 Å². The van der Waals surface area contributed by atoms with Gasteiger partial charge in [0.05, 0.1) is 20.3 Å². The molecule has 8 nitrogen and oxygen atoms in total. The standard InChI is InChI=1S/C20H27N5O3/c1-27-17-4-2-16(3-5-17)6-8-22-20-23-9-7-18(24-20)19(26)21-10-11-25-12-14-28-15-13-25/h2-5,7,9H,6,8,10-15H2,1H3,(H,21,26)(H,22,23,24). The predicted octanol–water partition coefficient (Wildman–Crippen LogP) is 1.20. The Morgan fingerprint density at radius 2 is 1.96 bits per heavy atom. The third-order valence-corrected chi connectivity index (χ3v) is 4.56. The van der Waals surface area contributed by atoms with Gasteiger partial charge in [-0.2, -0.15) is 0 Å². The Morgan fingerprint density at radius 1 is 1.18 bits per heavy atom. The van der Waals surface area contributed by atoms with E-state index in [1.54, 1.807) is 19.4 Å². The molecule has 150 valence electrons. The van der Waals surface area contributed by atoms with Gasteiger partial charge in [0.2, 0.25) is 5.95 Å². The first-order valence-corrected chi connectivity index (χ1v) is 9.53. The molecule has 1 aliphatic heterocycles. The van der Waals surface area contributed by atoms with Crippen molar-refractivity contribution in [2.75, 3.05) is 58.4 Å². The number of rotatable bonds is 9. The van der Waals surface area contributed by atoms with Crippen molar-refractivity contribution in [2.45, 2.75) is 6.42 Å². The number of methoxy groups -OCH3 is 1. The maximum absolute atomic E-state index is 12.3. The molecule has 0 atom stereocenters. The second-order valence-electron chi connectivity index (χ2n) is 6.50. The van der Waals surface area contributed by atoms with Crippen LogP contribution in [-0.2, 0) is 11.2 Å². The second kappa shape index (κ2) is 10.6. The summed E-state index contributed by atoms with van der Waals surface area (Å²) in [5, 5.41) is 6.08. The summed E-state index contributed by atoms with van der Waals surface area (Å²) in [6.45, 7) is 5.40. The lowest BCUT2D eigenvalue weighted by Gasteiger charge is -2.26. The molecule has 2 N–H and O–H groups in total. The molecule has 1 amide bonds. The molecule has 1 aliphatic rings. The van der Waals surface area contributed by atoms with Gasteiger partial charge in [-0.25, -0.2) is 9.97 Å². The first kappa shape index (κ1) is 20.0. The highest BCUT2D eigenvalue weighted by atomic mass is 16.5. The second-order valence-corrected chi connectivity index (χ2v) is 6.50. The number of hydrogen-bond acceptors (Lipinski definition) is 7. The molecule has 0 bridgehead atoms. The number of carbonyl (C=O) groups is 1. The number of amides is 1. The molecule has 1 aromatic carbocycles. The van der Waals surface area contributed by atoms with E-state index in [-0.39, 0.29) is 5.91 Å². The maximum atomic E-state index is 12.3. The van der Waals surface area contributed by atoms with Crippen LogP contribution in [0.4, 0.5) is 5.95 Å². The van der Waals surface area contributed by atoms with Gasteiger partial charge >= 0.3 is 0 Å². The number of anilines is 1. The number of aromatic nitrogens is 2. The van der Waals surface area contributed by atoms with Crippen LogP contribution in [0, 0.1) is 0 Å². The number of hydrogen-bond donors (Lipinski definition) is 2. The zero-order chi connectivity index (χ0) is 19.6. The molecule has 0 radical (unpaired) electrons. The van der Waals surface area contributed by atoms with Gasteiger partial charge in [0.1, 0.15) is 11.4 Å². The summed E-state index contributed by atoms with van der Waals surface area (Å²) in [6.07, 6.45) is 2.42. The zero-order valence-corrected chi connectivity index (χ0v) is 16.2. The summed E-state index contributed by atoms with van der Waals surface area (Å²) in [5.41, 5.74) is 1.55. The van der Waals surface area contributed by atoms with Crippen LogP contribution in [0.2, 0.25) is 0 Å². The number of nitrogens with zero attached hydrogens (tertiary/aromatic N) is 3. The molecule has 0 saturated carbocycles. The third kappa shape index (κ3) is 6.17. The van der Waals surface area contributed by atoms with E-state index in [4.69, 9.17) is 9.47 Å². The van der Waals surface area contributed by atoms with Crippen molar-refractivity contribution in [3.63, 3.8) is 0 Å². The van der Waals surface area contributed by atoms with Crippen LogP contribution in [0.15, 0.2) is 36.5 Å².